The third kappa shape index (κ3) is 1.33. The van der Waals surface area contributed by atoms with Crippen LogP contribution in [0.3, 0.4) is 0 Å². The lowest BCUT2D eigenvalue weighted by Crippen LogP contribution is -1.84. The van der Waals surface area contributed by atoms with Crippen molar-refractivity contribution in [3.63, 3.8) is 0 Å². The van der Waals surface area contributed by atoms with Crippen molar-refractivity contribution in [2.45, 2.75) is 13.3 Å². The number of hydrogen-bond donors (Lipinski definition) is 0. The summed E-state index contributed by atoms with van der Waals surface area (Å²) in [5.74, 6) is 0. The molecule has 0 atom stereocenters. The lowest BCUT2D eigenvalue weighted by molar-refractivity contribution is 1.17. The van der Waals surface area contributed by atoms with E-state index < -0.39 is 0 Å². The second kappa shape index (κ2) is 2.98. The fraction of sp³-hybridized carbons (Fsp3) is 0.167. The smallest absolute Gasteiger partial charge is 0.00232 e. The number of allylic oxidation sites excluding steroid dienone is 10. The average molecular weight is 156 g/mol. The molecule has 0 unspecified atom stereocenters. The second-order valence-electron chi connectivity index (χ2n) is 3.20. The van der Waals surface area contributed by atoms with Gasteiger partial charge in [-0.25, -0.2) is 0 Å². The van der Waals surface area contributed by atoms with Crippen LogP contribution in [0.1, 0.15) is 13.3 Å². The highest BCUT2D eigenvalue weighted by atomic mass is 14.1. The third-order valence-corrected chi connectivity index (χ3v) is 2.28. The van der Waals surface area contributed by atoms with Crippen LogP contribution in [-0.4, -0.2) is 0 Å². The predicted molar refractivity (Wildman–Crippen MR) is 52.8 cm³/mol. The molecule has 0 heterocycles. The van der Waals surface area contributed by atoms with Crippen molar-refractivity contribution in [3.8, 4) is 0 Å². The Balaban J connectivity index is 2.49. The maximum atomic E-state index is 2.20. The number of hydrogen-bond acceptors (Lipinski definition) is 0. The van der Waals surface area contributed by atoms with Crippen molar-refractivity contribution < 1.29 is 0 Å². The van der Waals surface area contributed by atoms with Gasteiger partial charge in [0.1, 0.15) is 0 Å². The monoisotopic (exact) mass is 156 g/mol. The van der Waals surface area contributed by atoms with E-state index in [1.165, 1.54) is 16.7 Å². The van der Waals surface area contributed by atoms with Crippen LogP contribution in [0.4, 0.5) is 0 Å². The molecular formula is C12H12. The molecule has 0 fully saturated rings. The summed E-state index contributed by atoms with van der Waals surface area (Å²) in [5, 5.41) is 0. The SMILES string of the molecule is CC1=CC=CC2=CC=CC=C1C2. The maximum Gasteiger partial charge on any atom is -0.00232 e. The molecule has 60 valence electrons. The Hall–Kier alpha value is -1.30. The summed E-state index contributed by atoms with van der Waals surface area (Å²) in [7, 11) is 0. The van der Waals surface area contributed by atoms with Crippen LogP contribution in [0.25, 0.3) is 0 Å². The predicted octanol–water partition coefficient (Wildman–Crippen LogP) is 3.32. The molecule has 2 aliphatic carbocycles. The van der Waals surface area contributed by atoms with Crippen LogP contribution in [0, 0.1) is 0 Å². The van der Waals surface area contributed by atoms with Crippen LogP contribution in [0.5, 0.6) is 0 Å². The van der Waals surface area contributed by atoms with E-state index in [4.69, 9.17) is 0 Å². The van der Waals surface area contributed by atoms with Crippen molar-refractivity contribution in [2.24, 2.45) is 0 Å². The van der Waals surface area contributed by atoms with Gasteiger partial charge < -0.3 is 0 Å². The van der Waals surface area contributed by atoms with Crippen LogP contribution in [0.15, 0.2) is 59.3 Å². The van der Waals surface area contributed by atoms with E-state index in [9.17, 15) is 0 Å². The van der Waals surface area contributed by atoms with Gasteiger partial charge in [0.05, 0.1) is 0 Å². The van der Waals surface area contributed by atoms with Gasteiger partial charge >= 0.3 is 0 Å². The molecule has 0 nitrogen and oxygen atoms in total. The van der Waals surface area contributed by atoms with Gasteiger partial charge in [-0.15, -0.1) is 0 Å². The normalized spacial score (nSPS) is 20.6. The molecule has 0 aromatic carbocycles. The molecule has 2 bridgehead atoms. The molecule has 0 spiro atoms. The van der Waals surface area contributed by atoms with Crippen molar-refractivity contribution in [3.05, 3.63) is 59.3 Å². The largest absolute Gasteiger partial charge is 0.0620 e. The van der Waals surface area contributed by atoms with Gasteiger partial charge in [0.15, 0.2) is 0 Å². The van der Waals surface area contributed by atoms with Crippen LogP contribution < -0.4 is 0 Å². The van der Waals surface area contributed by atoms with Crippen molar-refractivity contribution in [1.82, 2.24) is 0 Å². The molecule has 0 heteroatoms. The van der Waals surface area contributed by atoms with Gasteiger partial charge in [0.2, 0.25) is 0 Å². The summed E-state index contributed by atoms with van der Waals surface area (Å²) in [6.07, 6.45) is 16.1. The summed E-state index contributed by atoms with van der Waals surface area (Å²) < 4.78 is 0. The Kier molecular flexibility index (Phi) is 1.83. The minimum atomic E-state index is 1.08. The molecule has 0 aromatic heterocycles. The van der Waals surface area contributed by atoms with E-state index in [2.05, 4.69) is 49.5 Å². The molecular weight excluding hydrogens is 144 g/mol. The van der Waals surface area contributed by atoms with Crippen molar-refractivity contribution in [2.75, 3.05) is 0 Å². The Labute approximate surface area is 73.3 Å². The zero-order valence-corrected chi connectivity index (χ0v) is 7.25. The Morgan fingerprint density at radius 2 is 1.83 bits per heavy atom. The van der Waals surface area contributed by atoms with E-state index >= 15 is 0 Å². The Bertz CT molecular complexity index is 333. The van der Waals surface area contributed by atoms with Crippen LogP contribution in [-0.2, 0) is 0 Å². The van der Waals surface area contributed by atoms with E-state index in [1.807, 2.05) is 0 Å². The second-order valence-corrected chi connectivity index (χ2v) is 3.20. The fourth-order valence-corrected chi connectivity index (χ4v) is 1.50. The topological polar surface area (TPSA) is 0 Å². The van der Waals surface area contributed by atoms with Gasteiger partial charge in [0, 0.05) is 0 Å². The summed E-state index contributed by atoms with van der Waals surface area (Å²) >= 11 is 0. The zero-order chi connectivity index (χ0) is 8.39. The highest BCUT2D eigenvalue weighted by molar-refractivity contribution is 5.46. The lowest BCUT2D eigenvalue weighted by Gasteiger charge is -2.03. The molecule has 0 radical (unpaired) electrons. The molecule has 2 aliphatic rings. The third-order valence-electron chi connectivity index (χ3n) is 2.28. The Morgan fingerprint density at radius 1 is 1.00 bits per heavy atom. The van der Waals surface area contributed by atoms with E-state index in [1.54, 1.807) is 0 Å². The summed E-state index contributed by atoms with van der Waals surface area (Å²) in [6.45, 7) is 2.16. The average Bonchev–Trinajstić information content (AvgIpc) is 2.38. The summed E-state index contributed by atoms with van der Waals surface area (Å²) in [5.41, 5.74) is 4.20. The zero-order valence-electron chi connectivity index (χ0n) is 7.25. The first-order chi connectivity index (χ1) is 5.86. The van der Waals surface area contributed by atoms with Gasteiger partial charge in [-0.3, -0.25) is 0 Å². The Morgan fingerprint density at radius 3 is 2.75 bits per heavy atom. The van der Waals surface area contributed by atoms with E-state index in [0.717, 1.165) is 6.42 Å². The van der Waals surface area contributed by atoms with E-state index in [-0.39, 0.29) is 0 Å². The molecule has 0 aliphatic heterocycles. The highest BCUT2D eigenvalue weighted by Crippen LogP contribution is 2.24. The minimum Gasteiger partial charge on any atom is -0.0620 e. The van der Waals surface area contributed by atoms with E-state index in [0.29, 0.717) is 0 Å². The molecule has 0 saturated carbocycles. The molecule has 0 amide bonds. The molecule has 0 aromatic rings. The fourth-order valence-electron chi connectivity index (χ4n) is 1.50. The molecule has 2 rings (SSSR count). The molecule has 12 heavy (non-hydrogen) atoms. The van der Waals surface area contributed by atoms with Crippen molar-refractivity contribution in [1.29, 1.82) is 0 Å². The quantitative estimate of drug-likeness (QED) is 0.504. The first-order valence-corrected chi connectivity index (χ1v) is 4.28. The first-order valence-electron chi connectivity index (χ1n) is 4.28. The minimum absolute atomic E-state index is 1.08. The molecule has 0 N–H and O–H groups in total. The summed E-state index contributed by atoms with van der Waals surface area (Å²) in [4.78, 5) is 0. The van der Waals surface area contributed by atoms with Crippen LogP contribution in [0.2, 0.25) is 0 Å². The number of fused-ring (bicyclic) bond motifs is 2. The van der Waals surface area contributed by atoms with Crippen LogP contribution >= 0.6 is 0 Å². The standard InChI is InChI=1S/C12H12/c1-10-5-4-7-11-6-2-3-8-12(10)9-11/h2-8H,9H2,1H3. The van der Waals surface area contributed by atoms with Gasteiger partial charge in [-0.05, 0) is 30.1 Å². The number of rotatable bonds is 0. The first kappa shape index (κ1) is 7.35. The summed E-state index contributed by atoms with van der Waals surface area (Å²) in [6, 6.07) is 0. The van der Waals surface area contributed by atoms with Gasteiger partial charge in [0.25, 0.3) is 0 Å². The van der Waals surface area contributed by atoms with Gasteiger partial charge in [-0.1, -0.05) is 42.5 Å². The van der Waals surface area contributed by atoms with Gasteiger partial charge in [-0.2, -0.15) is 0 Å². The van der Waals surface area contributed by atoms with Crippen molar-refractivity contribution >= 4 is 0 Å². The maximum absolute atomic E-state index is 2.20. The lowest BCUT2D eigenvalue weighted by atomic mass is 10.0. The molecule has 0 saturated heterocycles. The highest BCUT2D eigenvalue weighted by Gasteiger charge is 2.05.